The Morgan fingerprint density at radius 1 is 1.35 bits per heavy atom. The van der Waals surface area contributed by atoms with E-state index in [4.69, 9.17) is 0 Å². The van der Waals surface area contributed by atoms with Crippen LogP contribution in [0.3, 0.4) is 0 Å². The molecule has 4 heterocycles. The monoisotopic (exact) mass is 377 g/mol. The summed E-state index contributed by atoms with van der Waals surface area (Å²) in [5.74, 6) is 2.87. The van der Waals surface area contributed by atoms with Crippen molar-refractivity contribution in [3.05, 3.63) is 17.8 Å². The fourth-order valence-corrected chi connectivity index (χ4v) is 4.57. The smallest absolute Gasteiger partial charge is 0.228 e. The number of aliphatic hydroxyl groups excluding tert-OH is 1. The Labute approximate surface area is 155 Å². The second-order valence-corrected chi connectivity index (χ2v) is 8.49. The van der Waals surface area contributed by atoms with Crippen molar-refractivity contribution in [2.45, 2.75) is 44.3 Å². The van der Waals surface area contributed by atoms with Crippen LogP contribution in [0.5, 0.6) is 0 Å². The molecule has 26 heavy (non-hydrogen) atoms. The summed E-state index contributed by atoms with van der Waals surface area (Å²) in [5, 5.41) is 21.1. The molecular formula is C16H23N7O2S. The highest BCUT2D eigenvalue weighted by atomic mass is 32.2. The van der Waals surface area contributed by atoms with Crippen LogP contribution >= 0.6 is 0 Å². The van der Waals surface area contributed by atoms with Crippen LogP contribution in [-0.2, 0) is 30.7 Å². The summed E-state index contributed by atoms with van der Waals surface area (Å²) in [5.41, 5.74) is 0.836. The fourth-order valence-electron chi connectivity index (χ4n) is 3.26. The second kappa shape index (κ2) is 7.01. The van der Waals surface area contributed by atoms with Crippen molar-refractivity contribution in [2.75, 3.05) is 29.1 Å². The summed E-state index contributed by atoms with van der Waals surface area (Å²) in [7, 11) is 0. The van der Waals surface area contributed by atoms with E-state index >= 15 is 0 Å². The SMILES string of the molecule is CC(C)[C@H](CO)Nc1nc(N2CCn3cnnc3C2)nc2c1[S+]([O-])CC2. The Morgan fingerprint density at radius 2 is 2.19 bits per heavy atom. The lowest BCUT2D eigenvalue weighted by Crippen LogP contribution is -2.36. The first kappa shape index (κ1) is 17.5. The van der Waals surface area contributed by atoms with Crippen LogP contribution in [0.15, 0.2) is 11.2 Å². The summed E-state index contributed by atoms with van der Waals surface area (Å²) < 4.78 is 14.5. The number of rotatable bonds is 5. The fraction of sp³-hybridized carbons (Fsp3) is 0.625. The van der Waals surface area contributed by atoms with E-state index in [2.05, 4.69) is 30.4 Å². The lowest BCUT2D eigenvalue weighted by atomic mass is 10.1. The van der Waals surface area contributed by atoms with Crippen LogP contribution in [-0.4, -0.2) is 59.3 Å². The lowest BCUT2D eigenvalue weighted by Gasteiger charge is -2.28. The number of anilines is 2. The third-order valence-electron chi connectivity index (χ3n) is 4.92. The van der Waals surface area contributed by atoms with Gasteiger partial charge >= 0.3 is 0 Å². The molecule has 9 nitrogen and oxygen atoms in total. The van der Waals surface area contributed by atoms with Crippen LogP contribution in [0.1, 0.15) is 25.4 Å². The molecule has 0 fully saturated rings. The first-order valence-electron chi connectivity index (χ1n) is 8.85. The highest BCUT2D eigenvalue weighted by molar-refractivity contribution is 7.91. The molecule has 0 radical (unpaired) electrons. The molecule has 2 aromatic rings. The van der Waals surface area contributed by atoms with Gasteiger partial charge in [0.25, 0.3) is 0 Å². The predicted octanol–water partition coefficient (Wildman–Crippen LogP) is 0.181. The van der Waals surface area contributed by atoms with Crippen LogP contribution in [0.4, 0.5) is 11.8 Å². The van der Waals surface area contributed by atoms with Crippen molar-refractivity contribution < 1.29 is 9.66 Å². The van der Waals surface area contributed by atoms with E-state index in [1.165, 1.54) is 0 Å². The van der Waals surface area contributed by atoms with Gasteiger partial charge in [-0.1, -0.05) is 13.8 Å². The Morgan fingerprint density at radius 3 is 2.96 bits per heavy atom. The number of nitrogens with one attached hydrogen (secondary N) is 1. The van der Waals surface area contributed by atoms with Crippen molar-refractivity contribution in [1.29, 1.82) is 0 Å². The Hall–Kier alpha value is -1.91. The van der Waals surface area contributed by atoms with Crippen molar-refractivity contribution >= 4 is 22.9 Å². The van der Waals surface area contributed by atoms with E-state index in [9.17, 15) is 9.66 Å². The topological polar surface area (TPSA) is 115 Å². The molecule has 2 N–H and O–H groups in total. The van der Waals surface area contributed by atoms with E-state index in [-0.39, 0.29) is 18.6 Å². The number of aryl methyl sites for hydroxylation is 1. The molecule has 0 saturated heterocycles. The highest BCUT2D eigenvalue weighted by Gasteiger charge is 2.34. The molecule has 0 saturated carbocycles. The van der Waals surface area contributed by atoms with Crippen molar-refractivity contribution in [1.82, 2.24) is 24.7 Å². The molecule has 0 bridgehead atoms. The molecule has 0 amide bonds. The van der Waals surface area contributed by atoms with E-state index in [0.29, 0.717) is 35.4 Å². The first-order chi connectivity index (χ1) is 12.6. The minimum absolute atomic E-state index is 0.00870. The minimum Gasteiger partial charge on any atom is -0.611 e. The van der Waals surface area contributed by atoms with E-state index in [0.717, 1.165) is 24.6 Å². The third-order valence-corrected chi connectivity index (χ3v) is 6.38. The van der Waals surface area contributed by atoms with E-state index in [1.807, 2.05) is 18.4 Å². The number of aliphatic hydroxyl groups is 1. The number of aromatic nitrogens is 5. The molecule has 2 aliphatic rings. The highest BCUT2D eigenvalue weighted by Crippen LogP contribution is 2.33. The summed E-state index contributed by atoms with van der Waals surface area (Å²) in [6, 6.07) is -0.149. The molecule has 10 heteroatoms. The Kier molecular flexibility index (Phi) is 4.72. The average Bonchev–Trinajstić information content (AvgIpc) is 3.25. The van der Waals surface area contributed by atoms with Gasteiger partial charge in [-0.15, -0.1) is 10.2 Å². The van der Waals surface area contributed by atoms with Gasteiger partial charge < -0.3 is 24.4 Å². The van der Waals surface area contributed by atoms with Crippen LogP contribution in [0.2, 0.25) is 0 Å². The van der Waals surface area contributed by atoms with Crippen molar-refractivity contribution in [3.8, 4) is 0 Å². The molecule has 0 aromatic carbocycles. The molecule has 0 aliphatic carbocycles. The molecular weight excluding hydrogens is 354 g/mol. The number of hydrogen-bond donors (Lipinski definition) is 2. The van der Waals surface area contributed by atoms with Gasteiger partial charge in [-0.2, -0.15) is 4.98 Å². The molecule has 4 rings (SSSR count). The molecule has 0 spiro atoms. The molecule has 2 aliphatic heterocycles. The first-order valence-corrected chi connectivity index (χ1v) is 10.2. The lowest BCUT2D eigenvalue weighted by molar-refractivity contribution is 0.248. The van der Waals surface area contributed by atoms with E-state index in [1.54, 1.807) is 6.33 Å². The molecule has 140 valence electrons. The van der Waals surface area contributed by atoms with E-state index < -0.39 is 11.2 Å². The number of hydrogen-bond acceptors (Lipinski definition) is 8. The number of fused-ring (bicyclic) bond motifs is 2. The van der Waals surface area contributed by atoms with Gasteiger partial charge in [-0.3, -0.25) is 0 Å². The summed E-state index contributed by atoms with van der Waals surface area (Å²) in [6.07, 6.45) is 2.42. The van der Waals surface area contributed by atoms with Gasteiger partial charge in [0.15, 0.2) is 11.6 Å². The molecule has 2 atom stereocenters. The molecule has 1 unspecified atom stereocenters. The zero-order chi connectivity index (χ0) is 18.3. The zero-order valence-corrected chi connectivity index (χ0v) is 15.7. The maximum absolute atomic E-state index is 12.4. The third kappa shape index (κ3) is 3.12. The standard InChI is InChI=1S/C16H23N7O2S/c1-10(2)12(8-24)18-15-14-11(3-6-26(14)25)19-16(20-15)22-4-5-23-9-17-21-13(23)7-22/h9-10,12,24H,3-8H2,1-2H3,(H,18,19,20)/t12-,26?/m0/s1. The Balaban J connectivity index is 1.68. The largest absolute Gasteiger partial charge is 0.611 e. The van der Waals surface area contributed by atoms with Gasteiger partial charge in [-0.25, -0.2) is 4.98 Å². The summed E-state index contributed by atoms with van der Waals surface area (Å²) in [4.78, 5) is 12.1. The van der Waals surface area contributed by atoms with Gasteiger partial charge in [0, 0.05) is 19.5 Å². The van der Waals surface area contributed by atoms with Crippen LogP contribution in [0, 0.1) is 5.92 Å². The Bertz CT molecular complexity index is 797. The van der Waals surface area contributed by atoms with Crippen LogP contribution in [0.25, 0.3) is 0 Å². The van der Waals surface area contributed by atoms with Gasteiger partial charge in [0.1, 0.15) is 17.8 Å². The average molecular weight is 377 g/mol. The zero-order valence-electron chi connectivity index (χ0n) is 14.9. The maximum atomic E-state index is 12.4. The summed E-state index contributed by atoms with van der Waals surface area (Å²) >= 11 is -1.10. The van der Waals surface area contributed by atoms with Crippen LogP contribution < -0.4 is 10.2 Å². The van der Waals surface area contributed by atoms with Gasteiger partial charge in [0.05, 0.1) is 19.2 Å². The molecule has 2 aromatic heterocycles. The van der Waals surface area contributed by atoms with Gasteiger partial charge in [-0.05, 0) is 17.1 Å². The normalized spacial score (nSPS) is 20.2. The second-order valence-electron chi connectivity index (χ2n) is 6.99. The minimum atomic E-state index is -1.10. The number of nitrogens with zero attached hydrogens (tertiary/aromatic N) is 6. The summed E-state index contributed by atoms with van der Waals surface area (Å²) in [6.45, 7) is 6.19. The van der Waals surface area contributed by atoms with Crippen molar-refractivity contribution in [3.63, 3.8) is 0 Å². The van der Waals surface area contributed by atoms with Gasteiger partial charge in [0.2, 0.25) is 10.8 Å². The van der Waals surface area contributed by atoms with Crippen molar-refractivity contribution in [2.24, 2.45) is 5.92 Å². The predicted molar refractivity (Wildman–Crippen MR) is 97.4 cm³/mol. The maximum Gasteiger partial charge on any atom is 0.228 e. The quantitative estimate of drug-likeness (QED) is 0.709.